The van der Waals surface area contributed by atoms with Gasteiger partial charge in [0.05, 0.1) is 24.3 Å². The van der Waals surface area contributed by atoms with Crippen molar-refractivity contribution in [2.45, 2.75) is 32.9 Å². The van der Waals surface area contributed by atoms with Crippen LogP contribution in [-0.2, 0) is 19.5 Å². The zero-order chi connectivity index (χ0) is 16.4. The molecule has 0 atom stereocenters. The number of carbonyl (C=O) groups excluding carboxylic acids is 1. The number of rotatable bonds is 3. The molecule has 3 rings (SSSR count). The molecule has 23 heavy (non-hydrogen) atoms. The normalized spacial score (nSPS) is 14.0. The molecule has 0 unspecified atom stereocenters. The van der Waals surface area contributed by atoms with Crippen molar-refractivity contribution < 1.29 is 13.6 Å². The number of imidazole rings is 1. The zero-order valence-electron chi connectivity index (χ0n) is 12.7. The summed E-state index contributed by atoms with van der Waals surface area (Å²) in [6.07, 6.45) is 1.20. The minimum Gasteiger partial charge on any atom is -0.331 e. The molecule has 0 spiro atoms. The monoisotopic (exact) mass is 321 g/mol. The number of hydrogen-bond donors (Lipinski definition) is 1. The number of pyridine rings is 1. The molecule has 0 aliphatic carbocycles. The molecule has 122 valence electrons. The molecule has 1 aliphatic rings. The molecule has 0 radical (unpaired) electrons. The number of carbonyl (C=O) groups is 1. The Morgan fingerprint density at radius 1 is 1.39 bits per heavy atom. The highest BCUT2D eigenvalue weighted by Gasteiger charge is 2.23. The van der Waals surface area contributed by atoms with E-state index in [2.05, 4.69) is 15.3 Å². The van der Waals surface area contributed by atoms with Crippen LogP contribution in [0.25, 0.3) is 0 Å². The average molecular weight is 321 g/mol. The summed E-state index contributed by atoms with van der Waals surface area (Å²) in [7, 11) is 0. The molecule has 3 heterocycles. The minimum atomic E-state index is -2.66. The smallest absolute Gasteiger partial charge is 0.322 e. The first-order valence-corrected chi connectivity index (χ1v) is 7.41. The molecule has 2 aromatic heterocycles. The Kier molecular flexibility index (Phi) is 4.22. The van der Waals surface area contributed by atoms with E-state index in [0.717, 1.165) is 17.8 Å². The SMILES string of the molecule is CCc1ncn2c1CN(C(=O)Nc1ccnc(C(F)F)c1)CC2. The molecule has 0 fully saturated rings. The van der Waals surface area contributed by atoms with E-state index >= 15 is 0 Å². The number of fused-ring (bicyclic) bond motifs is 1. The van der Waals surface area contributed by atoms with Crippen molar-refractivity contribution in [3.8, 4) is 0 Å². The van der Waals surface area contributed by atoms with Gasteiger partial charge in [-0.1, -0.05) is 6.92 Å². The lowest BCUT2D eigenvalue weighted by Crippen LogP contribution is -2.40. The first-order valence-electron chi connectivity index (χ1n) is 7.41. The first-order chi connectivity index (χ1) is 11.1. The average Bonchev–Trinajstić information content (AvgIpc) is 2.97. The van der Waals surface area contributed by atoms with E-state index in [0.29, 0.717) is 25.3 Å². The van der Waals surface area contributed by atoms with Crippen LogP contribution in [0, 0.1) is 0 Å². The predicted octanol–water partition coefficient (Wildman–Crippen LogP) is 2.83. The number of nitrogens with zero attached hydrogens (tertiary/aromatic N) is 4. The van der Waals surface area contributed by atoms with Crippen molar-refractivity contribution in [1.29, 1.82) is 0 Å². The van der Waals surface area contributed by atoms with Crippen LogP contribution in [0.3, 0.4) is 0 Å². The maximum absolute atomic E-state index is 12.7. The third-order valence-corrected chi connectivity index (χ3v) is 3.86. The van der Waals surface area contributed by atoms with E-state index in [-0.39, 0.29) is 11.7 Å². The Morgan fingerprint density at radius 3 is 2.96 bits per heavy atom. The fourth-order valence-electron chi connectivity index (χ4n) is 2.63. The Morgan fingerprint density at radius 2 is 2.22 bits per heavy atom. The highest BCUT2D eigenvalue weighted by atomic mass is 19.3. The lowest BCUT2D eigenvalue weighted by atomic mass is 10.2. The Bertz CT molecular complexity index is 702. The number of aromatic nitrogens is 3. The summed E-state index contributed by atoms with van der Waals surface area (Å²) < 4.78 is 27.4. The molecule has 0 aromatic carbocycles. The zero-order valence-corrected chi connectivity index (χ0v) is 12.7. The molecule has 1 aliphatic heterocycles. The van der Waals surface area contributed by atoms with Gasteiger partial charge >= 0.3 is 6.03 Å². The molecule has 0 bridgehead atoms. The van der Waals surface area contributed by atoms with Crippen LogP contribution >= 0.6 is 0 Å². The van der Waals surface area contributed by atoms with Gasteiger partial charge in [-0.3, -0.25) is 4.98 Å². The topological polar surface area (TPSA) is 63.1 Å². The number of nitrogens with one attached hydrogen (secondary N) is 1. The molecule has 2 aromatic rings. The molecule has 0 saturated heterocycles. The van der Waals surface area contributed by atoms with Crippen LogP contribution in [0.2, 0.25) is 0 Å². The summed E-state index contributed by atoms with van der Waals surface area (Å²) in [5, 5.41) is 2.65. The van der Waals surface area contributed by atoms with Crippen LogP contribution in [0.5, 0.6) is 0 Å². The molecule has 6 nitrogen and oxygen atoms in total. The number of urea groups is 1. The summed E-state index contributed by atoms with van der Waals surface area (Å²) in [4.78, 5) is 21.9. The van der Waals surface area contributed by atoms with Crippen LogP contribution in [0.15, 0.2) is 24.7 Å². The van der Waals surface area contributed by atoms with E-state index in [9.17, 15) is 13.6 Å². The van der Waals surface area contributed by atoms with E-state index < -0.39 is 6.43 Å². The van der Waals surface area contributed by atoms with Crippen molar-refractivity contribution in [1.82, 2.24) is 19.4 Å². The number of anilines is 1. The van der Waals surface area contributed by atoms with Gasteiger partial charge in [-0.25, -0.2) is 18.6 Å². The van der Waals surface area contributed by atoms with Crippen LogP contribution in [0.1, 0.15) is 30.4 Å². The molecule has 1 N–H and O–H groups in total. The van der Waals surface area contributed by atoms with Gasteiger partial charge in [0, 0.05) is 25.0 Å². The summed E-state index contributed by atoms with van der Waals surface area (Å²) in [5.74, 6) is 0. The second kappa shape index (κ2) is 6.31. The van der Waals surface area contributed by atoms with E-state index in [1.165, 1.54) is 18.3 Å². The largest absolute Gasteiger partial charge is 0.331 e. The third kappa shape index (κ3) is 3.15. The maximum Gasteiger partial charge on any atom is 0.322 e. The number of aryl methyl sites for hydroxylation is 1. The van der Waals surface area contributed by atoms with Gasteiger partial charge in [-0.05, 0) is 18.6 Å². The van der Waals surface area contributed by atoms with Gasteiger partial charge in [-0.2, -0.15) is 0 Å². The van der Waals surface area contributed by atoms with Crippen molar-refractivity contribution in [2.24, 2.45) is 0 Å². The van der Waals surface area contributed by atoms with Crippen LogP contribution in [0.4, 0.5) is 19.3 Å². The number of halogens is 2. The molecule has 2 amide bonds. The molecular weight excluding hydrogens is 304 g/mol. The molecular formula is C15H17F2N5O. The molecule has 8 heteroatoms. The highest BCUT2D eigenvalue weighted by molar-refractivity contribution is 5.89. The van der Waals surface area contributed by atoms with Crippen molar-refractivity contribution >= 4 is 11.7 Å². The van der Waals surface area contributed by atoms with Crippen LogP contribution < -0.4 is 5.32 Å². The second-order valence-electron chi connectivity index (χ2n) is 5.31. The Labute approximate surface area is 132 Å². The second-order valence-corrected chi connectivity index (χ2v) is 5.31. The van der Waals surface area contributed by atoms with Gasteiger partial charge in [0.1, 0.15) is 5.69 Å². The van der Waals surface area contributed by atoms with Crippen molar-refractivity contribution in [3.63, 3.8) is 0 Å². The number of amides is 2. The van der Waals surface area contributed by atoms with Gasteiger partial charge in [0.2, 0.25) is 0 Å². The number of alkyl halides is 2. The van der Waals surface area contributed by atoms with Gasteiger partial charge in [0.25, 0.3) is 6.43 Å². The van der Waals surface area contributed by atoms with Crippen molar-refractivity contribution in [3.05, 3.63) is 41.7 Å². The van der Waals surface area contributed by atoms with E-state index in [4.69, 9.17) is 0 Å². The summed E-state index contributed by atoms with van der Waals surface area (Å²) >= 11 is 0. The third-order valence-electron chi connectivity index (χ3n) is 3.86. The Hall–Kier alpha value is -2.51. The minimum absolute atomic E-state index is 0.314. The Balaban J connectivity index is 1.71. The summed E-state index contributed by atoms with van der Waals surface area (Å²) in [6, 6.07) is 2.37. The first kappa shape index (κ1) is 15.4. The lowest BCUT2D eigenvalue weighted by Gasteiger charge is -2.29. The van der Waals surface area contributed by atoms with Gasteiger partial charge in [-0.15, -0.1) is 0 Å². The summed E-state index contributed by atoms with van der Waals surface area (Å²) in [5.41, 5.74) is 1.96. The van der Waals surface area contributed by atoms with E-state index in [1.54, 1.807) is 11.2 Å². The quantitative estimate of drug-likeness (QED) is 0.945. The highest BCUT2D eigenvalue weighted by Crippen LogP contribution is 2.21. The molecule has 0 saturated carbocycles. The fraction of sp³-hybridized carbons (Fsp3) is 0.400. The van der Waals surface area contributed by atoms with Crippen LogP contribution in [-0.4, -0.2) is 32.0 Å². The lowest BCUT2D eigenvalue weighted by molar-refractivity contribution is 0.146. The van der Waals surface area contributed by atoms with E-state index in [1.807, 2.05) is 11.5 Å². The standard InChI is InChI=1S/C15H17F2N5O/c1-2-11-13-8-21(5-6-22(13)9-19-11)15(23)20-10-3-4-18-12(7-10)14(16)17/h3-4,7,9,14H,2,5-6,8H2,1H3,(H,18,20,23). The maximum atomic E-state index is 12.7. The van der Waals surface area contributed by atoms with Crippen molar-refractivity contribution in [2.75, 3.05) is 11.9 Å². The summed E-state index contributed by atoms with van der Waals surface area (Å²) in [6.45, 7) is 3.70. The van der Waals surface area contributed by atoms with Gasteiger partial charge in [0.15, 0.2) is 0 Å². The fourth-order valence-corrected chi connectivity index (χ4v) is 2.63. The number of hydrogen-bond acceptors (Lipinski definition) is 3. The van der Waals surface area contributed by atoms with Gasteiger partial charge < -0.3 is 14.8 Å². The predicted molar refractivity (Wildman–Crippen MR) is 80.2 cm³/mol.